The van der Waals surface area contributed by atoms with Crippen molar-refractivity contribution in [1.82, 2.24) is 5.32 Å². The molecule has 1 amide bonds. The third-order valence-corrected chi connectivity index (χ3v) is 5.42. The van der Waals surface area contributed by atoms with Crippen LogP contribution < -0.4 is 5.32 Å². The quantitative estimate of drug-likeness (QED) is 0.558. The summed E-state index contributed by atoms with van der Waals surface area (Å²) in [6, 6.07) is 17.5. The number of rotatable bonds is 5. The number of carboxylic acids is 1. The van der Waals surface area contributed by atoms with Crippen LogP contribution in [0.4, 0.5) is 18.0 Å². The molecule has 0 heterocycles. The number of ether oxygens (including phenoxy) is 1. The Morgan fingerprint density at radius 2 is 1.44 bits per heavy atom. The molecule has 0 fully saturated rings. The molecular weight excluding hydrogens is 423 g/mol. The summed E-state index contributed by atoms with van der Waals surface area (Å²) < 4.78 is 43.6. The lowest BCUT2D eigenvalue weighted by Gasteiger charge is -2.18. The van der Waals surface area contributed by atoms with Crippen LogP contribution in [0.5, 0.6) is 0 Å². The summed E-state index contributed by atoms with van der Waals surface area (Å²) in [5.74, 6) is -1.62. The number of benzene rings is 3. The molecule has 32 heavy (non-hydrogen) atoms. The molecule has 0 saturated heterocycles. The number of alkyl carbamates (subject to hydrolysis) is 1. The van der Waals surface area contributed by atoms with Gasteiger partial charge in [-0.25, -0.2) is 9.59 Å². The molecule has 0 bridgehead atoms. The van der Waals surface area contributed by atoms with E-state index >= 15 is 0 Å². The standard InChI is InChI=1S/C24H18F3NO4/c25-24(26,27)15-11-9-14(10-12-15)21(22(29)30)28-23(31)32-13-20-18-7-3-1-5-16(18)17-6-2-4-8-19(17)20/h1-12,20-21H,13H2,(H,28,31)(H,29,30)/t21-/m0/s1. The fraction of sp³-hybridized carbons (Fsp3) is 0.167. The van der Waals surface area contributed by atoms with E-state index in [1.54, 1.807) is 0 Å². The number of aliphatic carboxylic acids is 1. The lowest BCUT2D eigenvalue weighted by Crippen LogP contribution is -2.34. The first kappa shape index (κ1) is 21.4. The van der Waals surface area contributed by atoms with Gasteiger partial charge in [-0.1, -0.05) is 60.7 Å². The molecule has 0 spiro atoms. The Kier molecular flexibility index (Phi) is 5.61. The van der Waals surface area contributed by atoms with Gasteiger partial charge in [0.15, 0.2) is 6.04 Å². The number of halogens is 3. The zero-order valence-corrected chi connectivity index (χ0v) is 16.6. The third kappa shape index (κ3) is 4.16. The predicted octanol–water partition coefficient (Wildman–Crippen LogP) is 5.37. The van der Waals surface area contributed by atoms with E-state index in [0.29, 0.717) is 0 Å². The molecule has 2 N–H and O–H groups in total. The fourth-order valence-corrected chi connectivity index (χ4v) is 3.91. The Morgan fingerprint density at radius 1 is 0.906 bits per heavy atom. The normalized spacial score (nSPS) is 13.7. The Bertz CT molecular complexity index is 1110. The number of alkyl halides is 3. The Morgan fingerprint density at radius 3 is 1.94 bits per heavy atom. The van der Waals surface area contributed by atoms with Crippen molar-refractivity contribution in [2.75, 3.05) is 6.61 Å². The van der Waals surface area contributed by atoms with Crippen LogP contribution in [0.15, 0.2) is 72.8 Å². The average Bonchev–Trinajstić information content (AvgIpc) is 3.09. The summed E-state index contributed by atoms with van der Waals surface area (Å²) in [5.41, 5.74) is 3.18. The van der Waals surface area contributed by atoms with Crippen LogP contribution >= 0.6 is 0 Å². The maximum atomic E-state index is 12.7. The van der Waals surface area contributed by atoms with Crippen LogP contribution in [-0.2, 0) is 15.7 Å². The molecule has 3 aromatic rings. The van der Waals surface area contributed by atoms with Crippen LogP contribution in [0.3, 0.4) is 0 Å². The van der Waals surface area contributed by atoms with Crippen LogP contribution in [0.1, 0.15) is 34.2 Å². The van der Waals surface area contributed by atoms with E-state index in [0.717, 1.165) is 46.5 Å². The van der Waals surface area contributed by atoms with E-state index in [9.17, 15) is 27.9 Å². The molecule has 164 valence electrons. The van der Waals surface area contributed by atoms with Gasteiger partial charge in [0.1, 0.15) is 6.61 Å². The predicted molar refractivity (Wildman–Crippen MR) is 110 cm³/mol. The fourth-order valence-electron chi connectivity index (χ4n) is 3.91. The van der Waals surface area contributed by atoms with Crippen molar-refractivity contribution < 1.29 is 32.6 Å². The van der Waals surface area contributed by atoms with E-state index in [1.165, 1.54) is 0 Å². The summed E-state index contributed by atoms with van der Waals surface area (Å²) in [6.45, 7) is -0.0147. The molecule has 3 aromatic carbocycles. The highest BCUT2D eigenvalue weighted by Gasteiger charge is 2.32. The second-order valence-electron chi connectivity index (χ2n) is 7.36. The Hall–Kier alpha value is -3.81. The largest absolute Gasteiger partial charge is 0.479 e. The number of amides is 1. The summed E-state index contributed by atoms with van der Waals surface area (Å²) in [6.07, 6.45) is -5.52. The number of carboxylic acid groups (broad SMARTS) is 1. The maximum absolute atomic E-state index is 12.7. The van der Waals surface area contributed by atoms with Gasteiger partial charge in [-0.05, 0) is 39.9 Å². The second-order valence-corrected chi connectivity index (χ2v) is 7.36. The number of nitrogens with one attached hydrogen (secondary N) is 1. The number of fused-ring (bicyclic) bond motifs is 3. The van der Waals surface area contributed by atoms with Crippen molar-refractivity contribution in [2.45, 2.75) is 18.1 Å². The van der Waals surface area contributed by atoms with Gasteiger partial charge in [-0.2, -0.15) is 13.2 Å². The SMILES string of the molecule is O=C(N[C@H](C(=O)O)c1ccc(C(F)(F)F)cc1)OCC1c2ccccc2-c2ccccc21. The van der Waals surface area contributed by atoms with E-state index in [2.05, 4.69) is 5.32 Å². The van der Waals surface area contributed by atoms with Crippen LogP contribution in [0, 0.1) is 0 Å². The lowest BCUT2D eigenvalue weighted by molar-refractivity contribution is -0.139. The highest BCUT2D eigenvalue weighted by molar-refractivity contribution is 5.82. The number of hydrogen-bond donors (Lipinski definition) is 2. The summed E-state index contributed by atoms with van der Waals surface area (Å²) in [4.78, 5) is 24.0. The molecule has 8 heteroatoms. The van der Waals surface area contributed by atoms with E-state index in [1.807, 2.05) is 48.5 Å². The van der Waals surface area contributed by atoms with Crippen LogP contribution in [-0.4, -0.2) is 23.8 Å². The summed E-state index contributed by atoms with van der Waals surface area (Å²) >= 11 is 0. The molecule has 0 saturated carbocycles. The maximum Gasteiger partial charge on any atom is 0.416 e. The second kappa shape index (κ2) is 8.37. The van der Waals surface area contributed by atoms with Crippen molar-refractivity contribution in [3.63, 3.8) is 0 Å². The minimum Gasteiger partial charge on any atom is -0.479 e. The molecule has 0 aliphatic heterocycles. The monoisotopic (exact) mass is 441 g/mol. The number of hydrogen-bond acceptors (Lipinski definition) is 3. The van der Waals surface area contributed by atoms with Crippen LogP contribution in [0.25, 0.3) is 11.1 Å². The molecule has 5 nitrogen and oxygen atoms in total. The van der Waals surface area contributed by atoms with E-state index < -0.39 is 29.8 Å². The summed E-state index contributed by atoms with van der Waals surface area (Å²) in [7, 11) is 0. The Labute approximate surface area is 181 Å². The smallest absolute Gasteiger partial charge is 0.416 e. The van der Waals surface area contributed by atoms with Gasteiger partial charge in [0, 0.05) is 5.92 Å². The summed E-state index contributed by atoms with van der Waals surface area (Å²) in [5, 5.41) is 11.7. The first-order chi connectivity index (χ1) is 15.3. The average molecular weight is 441 g/mol. The van der Waals surface area contributed by atoms with Crippen molar-refractivity contribution in [3.05, 3.63) is 95.1 Å². The van der Waals surface area contributed by atoms with Crippen molar-refractivity contribution >= 4 is 12.1 Å². The van der Waals surface area contributed by atoms with Crippen LogP contribution in [0.2, 0.25) is 0 Å². The lowest BCUT2D eigenvalue weighted by atomic mass is 9.98. The van der Waals surface area contributed by atoms with Crippen molar-refractivity contribution in [2.24, 2.45) is 0 Å². The molecule has 1 aliphatic rings. The Balaban J connectivity index is 1.47. The highest BCUT2D eigenvalue weighted by Crippen LogP contribution is 2.44. The van der Waals surface area contributed by atoms with Gasteiger partial charge in [0.25, 0.3) is 0 Å². The van der Waals surface area contributed by atoms with Gasteiger partial charge < -0.3 is 15.2 Å². The van der Waals surface area contributed by atoms with Crippen molar-refractivity contribution in [1.29, 1.82) is 0 Å². The molecule has 0 radical (unpaired) electrons. The zero-order chi connectivity index (χ0) is 22.9. The molecule has 4 rings (SSSR count). The molecular formula is C24H18F3NO4. The number of carbonyl (C=O) groups excluding carboxylic acids is 1. The first-order valence-corrected chi connectivity index (χ1v) is 9.77. The number of carbonyl (C=O) groups is 2. The van der Waals surface area contributed by atoms with Gasteiger partial charge in [-0.3, -0.25) is 0 Å². The van der Waals surface area contributed by atoms with Gasteiger partial charge in [0.2, 0.25) is 0 Å². The van der Waals surface area contributed by atoms with E-state index in [-0.39, 0.29) is 18.1 Å². The first-order valence-electron chi connectivity index (χ1n) is 9.77. The minimum atomic E-state index is -4.54. The van der Waals surface area contributed by atoms with E-state index in [4.69, 9.17) is 4.74 Å². The van der Waals surface area contributed by atoms with Gasteiger partial charge >= 0.3 is 18.2 Å². The third-order valence-electron chi connectivity index (χ3n) is 5.42. The minimum absolute atomic E-state index is 0.000919. The molecule has 1 aliphatic carbocycles. The van der Waals surface area contributed by atoms with Gasteiger partial charge in [-0.15, -0.1) is 0 Å². The molecule has 1 atom stereocenters. The topological polar surface area (TPSA) is 75.6 Å². The van der Waals surface area contributed by atoms with Crippen molar-refractivity contribution in [3.8, 4) is 11.1 Å². The zero-order valence-electron chi connectivity index (χ0n) is 16.6. The van der Waals surface area contributed by atoms with Gasteiger partial charge in [0.05, 0.1) is 5.56 Å². The highest BCUT2D eigenvalue weighted by atomic mass is 19.4. The molecule has 0 aromatic heterocycles. The molecule has 0 unspecified atom stereocenters.